The molecule has 6 aliphatic carbocycles. The molecular weight excluding hydrogens is 695 g/mol. The number of fused-ring (bicyclic) bond motifs is 7. The zero-order chi connectivity index (χ0) is 37.6. The van der Waals surface area contributed by atoms with E-state index < -0.39 is 0 Å². The maximum atomic E-state index is 2.66. The van der Waals surface area contributed by atoms with Crippen LogP contribution in [0.4, 0.5) is 17.1 Å². The highest BCUT2D eigenvalue weighted by atomic mass is 32.1. The van der Waals surface area contributed by atoms with Gasteiger partial charge in [0.2, 0.25) is 0 Å². The lowest BCUT2D eigenvalue weighted by Crippen LogP contribution is -2.55. The van der Waals surface area contributed by atoms with Gasteiger partial charge >= 0.3 is 0 Å². The Bertz CT molecular complexity index is 2700. The molecule has 4 fully saturated rings. The molecule has 0 unspecified atom stereocenters. The van der Waals surface area contributed by atoms with Crippen molar-refractivity contribution in [2.24, 2.45) is 23.7 Å². The molecule has 4 bridgehead atoms. The lowest BCUT2D eigenvalue weighted by Gasteiger charge is -2.61. The second-order valence-electron chi connectivity index (χ2n) is 19.6. The fourth-order valence-electron chi connectivity index (χ4n) is 13.4. The van der Waals surface area contributed by atoms with E-state index in [-0.39, 0.29) is 16.2 Å². The average Bonchev–Trinajstić information content (AvgIpc) is 3.73. The summed E-state index contributed by atoms with van der Waals surface area (Å²) in [6.07, 6.45) is 9.50. The van der Waals surface area contributed by atoms with Crippen LogP contribution in [0.2, 0.25) is 0 Å². The van der Waals surface area contributed by atoms with Gasteiger partial charge in [0.25, 0.3) is 0 Å². The van der Waals surface area contributed by atoms with Crippen LogP contribution in [-0.4, -0.2) is 0 Å². The average molecular weight is 746 g/mol. The Morgan fingerprint density at radius 3 is 1.95 bits per heavy atom. The molecule has 2 heteroatoms. The minimum atomic E-state index is 0.126. The number of hydrogen-bond donors (Lipinski definition) is 0. The number of thiophene rings is 1. The third kappa shape index (κ3) is 4.54. The first-order chi connectivity index (χ1) is 27.2. The SMILES string of the molecule is CC1(C)CCC(C)(C)c2c(-c3ccc(N(c4ccc5c(c4)C4(c6ccccc6-5)C5CC6CC(C5)CC4C6)c4cccc5c4sc4ccccc45)cc3)cccc21. The van der Waals surface area contributed by atoms with E-state index in [9.17, 15) is 0 Å². The van der Waals surface area contributed by atoms with Gasteiger partial charge in [-0.25, -0.2) is 0 Å². The van der Waals surface area contributed by atoms with Gasteiger partial charge in [0.05, 0.1) is 10.4 Å². The van der Waals surface area contributed by atoms with Crippen LogP contribution in [0, 0.1) is 23.7 Å². The van der Waals surface area contributed by atoms with Crippen LogP contribution in [0.25, 0.3) is 42.4 Å². The van der Waals surface area contributed by atoms with E-state index in [1.54, 1.807) is 11.1 Å². The summed E-state index contributed by atoms with van der Waals surface area (Å²) in [5, 5.41) is 2.69. The molecular formula is C54H51NS. The minimum Gasteiger partial charge on any atom is -0.309 e. The molecule has 6 aromatic carbocycles. The lowest BCUT2D eigenvalue weighted by atomic mass is 9.43. The summed E-state index contributed by atoms with van der Waals surface area (Å²) < 4.78 is 2.70. The fraction of sp³-hybridized carbons (Fsp3) is 0.333. The Balaban J connectivity index is 1.06. The van der Waals surface area contributed by atoms with Crippen molar-refractivity contribution in [1.82, 2.24) is 0 Å². The van der Waals surface area contributed by atoms with E-state index in [0.29, 0.717) is 0 Å². The minimum absolute atomic E-state index is 0.126. The molecule has 0 radical (unpaired) electrons. The molecule has 4 saturated carbocycles. The van der Waals surface area contributed by atoms with Crippen molar-refractivity contribution >= 4 is 48.6 Å². The van der Waals surface area contributed by atoms with Crippen LogP contribution in [-0.2, 0) is 16.2 Å². The summed E-state index contributed by atoms with van der Waals surface area (Å²) in [7, 11) is 0. The van der Waals surface area contributed by atoms with Crippen molar-refractivity contribution < 1.29 is 0 Å². The van der Waals surface area contributed by atoms with Crippen LogP contribution in [0.5, 0.6) is 0 Å². The fourth-order valence-corrected chi connectivity index (χ4v) is 14.6. The summed E-state index contributed by atoms with van der Waals surface area (Å²) >= 11 is 1.93. The maximum Gasteiger partial charge on any atom is 0.0640 e. The van der Waals surface area contributed by atoms with Crippen LogP contribution < -0.4 is 4.90 Å². The van der Waals surface area contributed by atoms with E-state index in [1.165, 1.54) is 116 Å². The van der Waals surface area contributed by atoms with Crippen molar-refractivity contribution in [3.05, 3.63) is 150 Å². The van der Waals surface area contributed by atoms with Crippen LogP contribution in [0.3, 0.4) is 0 Å². The summed E-state index contributed by atoms with van der Waals surface area (Å²) in [4.78, 5) is 2.60. The number of nitrogens with zero attached hydrogens (tertiary/aromatic N) is 1. The second kappa shape index (κ2) is 11.7. The lowest BCUT2D eigenvalue weighted by molar-refractivity contribution is -0.0399. The third-order valence-electron chi connectivity index (χ3n) is 15.7. The van der Waals surface area contributed by atoms with E-state index >= 15 is 0 Å². The zero-order valence-electron chi connectivity index (χ0n) is 33.2. The first kappa shape index (κ1) is 33.5. The number of rotatable bonds is 4. The first-order valence-electron chi connectivity index (χ1n) is 21.4. The summed E-state index contributed by atoms with van der Waals surface area (Å²) in [5.41, 5.74) is 16.2. The molecule has 278 valence electrons. The molecule has 1 spiro atoms. The number of benzene rings is 6. The number of anilines is 3. The normalized spacial score (nSPS) is 26.1. The van der Waals surface area contributed by atoms with Gasteiger partial charge in [-0.1, -0.05) is 119 Å². The Hall–Kier alpha value is -4.66. The summed E-state index contributed by atoms with van der Waals surface area (Å²) in [5.74, 6) is 3.33. The summed E-state index contributed by atoms with van der Waals surface area (Å²) in [6.45, 7) is 9.77. The van der Waals surface area contributed by atoms with Gasteiger partial charge < -0.3 is 4.90 Å². The standard InChI is InChI=1S/C54H51NS/c1-52(2)25-26-53(3,4)50-40(13-9-16-46(50)52)35-19-21-38(22-20-35)55(48-17-10-14-44-43-12-6-8-18-49(43)56-51(44)48)39-23-24-42-41-11-5-7-15-45(41)54(47(42)32-39)36-28-33-27-34(30-36)31-37(54)29-33/h5-24,32-34,36-37H,25-31H2,1-4H3. The van der Waals surface area contributed by atoms with Crippen molar-refractivity contribution in [2.75, 3.05) is 4.90 Å². The van der Waals surface area contributed by atoms with Gasteiger partial charge in [-0.15, -0.1) is 11.3 Å². The van der Waals surface area contributed by atoms with E-state index in [1.807, 2.05) is 11.3 Å². The predicted octanol–water partition coefficient (Wildman–Crippen LogP) is 15.3. The Labute approximate surface area is 336 Å². The third-order valence-corrected chi connectivity index (χ3v) is 16.9. The van der Waals surface area contributed by atoms with Crippen LogP contribution in [0.15, 0.2) is 127 Å². The molecule has 0 saturated heterocycles. The van der Waals surface area contributed by atoms with Crippen molar-refractivity contribution in [2.45, 2.75) is 88.9 Å². The highest BCUT2D eigenvalue weighted by molar-refractivity contribution is 7.26. The van der Waals surface area contributed by atoms with Gasteiger partial charge in [0, 0.05) is 32.3 Å². The van der Waals surface area contributed by atoms with E-state index in [2.05, 4.69) is 160 Å². The quantitative estimate of drug-likeness (QED) is 0.173. The molecule has 7 aromatic rings. The Morgan fingerprint density at radius 2 is 1.14 bits per heavy atom. The van der Waals surface area contributed by atoms with Gasteiger partial charge in [-0.2, -0.15) is 0 Å². The van der Waals surface area contributed by atoms with E-state index in [4.69, 9.17) is 0 Å². The first-order valence-corrected chi connectivity index (χ1v) is 22.2. The molecule has 0 N–H and O–H groups in total. The summed E-state index contributed by atoms with van der Waals surface area (Å²) in [6, 6.07) is 49.7. The van der Waals surface area contributed by atoms with Gasteiger partial charge in [0.1, 0.15) is 0 Å². The largest absolute Gasteiger partial charge is 0.309 e. The molecule has 1 aromatic heterocycles. The Kier molecular flexibility index (Phi) is 6.99. The zero-order valence-corrected chi connectivity index (χ0v) is 34.1. The van der Waals surface area contributed by atoms with Crippen molar-refractivity contribution in [3.63, 3.8) is 0 Å². The molecule has 1 nitrogen and oxygen atoms in total. The molecule has 13 rings (SSSR count). The Morgan fingerprint density at radius 1 is 0.518 bits per heavy atom. The van der Waals surface area contributed by atoms with Gasteiger partial charge in [-0.3, -0.25) is 0 Å². The van der Waals surface area contributed by atoms with Gasteiger partial charge in [-0.05, 0) is 160 Å². The smallest absolute Gasteiger partial charge is 0.0640 e. The molecule has 6 aliphatic rings. The van der Waals surface area contributed by atoms with E-state index in [0.717, 1.165) is 23.7 Å². The van der Waals surface area contributed by atoms with Gasteiger partial charge in [0.15, 0.2) is 0 Å². The topological polar surface area (TPSA) is 3.24 Å². The van der Waals surface area contributed by atoms with Crippen molar-refractivity contribution in [3.8, 4) is 22.3 Å². The maximum absolute atomic E-state index is 2.66. The van der Waals surface area contributed by atoms with Crippen LogP contribution in [0.1, 0.15) is 94.9 Å². The van der Waals surface area contributed by atoms with Crippen LogP contribution >= 0.6 is 11.3 Å². The molecule has 0 atom stereocenters. The monoisotopic (exact) mass is 745 g/mol. The molecule has 1 heterocycles. The molecule has 56 heavy (non-hydrogen) atoms. The van der Waals surface area contributed by atoms with Crippen molar-refractivity contribution in [1.29, 1.82) is 0 Å². The highest BCUT2D eigenvalue weighted by Gasteiger charge is 2.61. The predicted molar refractivity (Wildman–Crippen MR) is 238 cm³/mol. The number of hydrogen-bond acceptors (Lipinski definition) is 2. The highest BCUT2D eigenvalue weighted by Crippen LogP contribution is 2.69. The molecule has 0 aliphatic heterocycles. The molecule has 0 amide bonds. The second-order valence-corrected chi connectivity index (χ2v) is 20.6.